The zero-order chi connectivity index (χ0) is 13.8. The Morgan fingerprint density at radius 3 is 2.68 bits per heavy atom. The summed E-state index contributed by atoms with van der Waals surface area (Å²) in [5, 5.41) is 3.39. The van der Waals surface area contributed by atoms with Crippen molar-refractivity contribution in [2.24, 2.45) is 0 Å². The zero-order valence-electron chi connectivity index (χ0n) is 10.7. The first-order valence-electron chi connectivity index (χ1n) is 6.12. The molecule has 0 fully saturated rings. The highest BCUT2D eigenvalue weighted by atomic mass is 35.5. The molecule has 0 radical (unpaired) electrons. The van der Waals surface area contributed by atoms with Crippen LogP contribution in [0, 0.1) is 0 Å². The lowest BCUT2D eigenvalue weighted by Gasteiger charge is -2.08. The summed E-state index contributed by atoms with van der Waals surface area (Å²) in [5.41, 5.74) is 7.53. The van der Waals surface area contributed by atoms with Gasteiger partial charge in [-0.1, -0.05) is 18.5 Å². The van der Waals surface area contributed by atoms with Gasteiger partial charge in [-0.15, -0.1) is 0 Å². The highest BCUT2D eigenvalue weighted by Crippen LogP contribution is 2.17. The number of nitrogens with two attached hydrogens (primary N) is 1. The summed E-state index contributed by atoms with van der Waals surface area (Å²) in [7, 11) is 0. The number of carbonyl (C=O) groups is 1. The Kier molecular flexibility index (Phi) is 4.12. The standard InChI is InChI=1S/C14H16ClN3O/c1-2-7-18-9-10(15)8-13(18)14(19)17-12-5-3-11(16)4-6-12/h3-6,8-9H,2,7,16H2,1H3,(H,17,19). The third-order valence-corrected chi connectivity index (χ3v) is 2.94. The van der Waals surface area contributed by atoms with Crippen LogP contribution in [0.25, 0.3) is 0 Å². The molecule has 1 aromatic carbocycles. The molecule has 0 saturated carbocycles. The number of nitrogens with one attached hydrogen (secondary N) is 1. The monoisotopic (exact) mass is 277 g/mol. The van der Waals surface area contributed by atoms with Crippen molar-refractivity contribution in [1.82, 2.24) is 4.57 Å². The SMILES string of the molecule is CCCn1cc(Cl)cc1C(=O)Nc1ccc(N)cc1. The van der Waals surface area contributed by atoms with Crippen molar-refractivity contribution < 1.29 is 4.79 Å². The number of aromatic nitrogens is 1. The van der Waals surface area contributed by atoms with Crippen molar-refractivity contribution >= 4 is 28.9 Å². The van der Waals surface area contributed by atoms with E-state index in [2.05, 4.69) is 12.2 Å². The van der Waals surface area contributed by atoms with Gasteiger partial charge in [-0.3, -0.25) is 4.79 Å². The third kappa shape index (κ3) is 3.29. The Labute approximate surface area is 117 Å². The van der Waals surface area contributed by atoms with Gasteiger partial charge in [-0.05, 0) is 36.8 Å². The van der Waals surface area contributed by atoms with E-state index in [-0.39, 0.29) is 5.91 Å². The van der Waals surface area contributed by atoms with Gasteiger partial charge in [0, 0.05) is 24.1 Å². The van der Waals surface area contributed by atoms with Crippen LogP contribution in [0.1, 0.15) is 23.8 Å². The molecule has 1 aromatic heterocycles. The van der Waals surface area contributed by atoms with E-state index < -0.39 is 0 Å². The molecular weight excluding hydrogens is 262 g/mol. The van der Waals surface area contributed by atoms with E-state index in [0.717, 1.165) is 13.0 Å². The van der Waals surface area contributed by atoms with Gasteiger partial charge in [-0.2, -0.15) is 0 Å². The van der Waals surface area contributed by atoms with E-state index in [9.17, 15) is 4.79 Å². The molecule has 19 heavy (non-hydrogen) atoms. The van der Waals surface area contributed by atoms with Crippen molar-refractivity contribution in [3.8, 4) is 0 Å². The van der Waals surface area contributed by atoms with E-state index in [0.29, 0.717) is 22.1 Å². The maximum atomic E-state index is 12.2. The minimum Gasteiger partial charge on any atom is -0.399 e. The second-order valence-electron chi connectivity index (χ2n) is 4.31. The summed E-state index contributed by atoms with van der Waals surface area (Å²) in [6.45, 7) is 2.81. The van der Waals surface area contributed by atoms with Crippen LogP contribution >= 0.6 is 11.6 Å². The van der Waals surface area contributed by atoms with Crippen LogP contribution in [0.4, 0.5) is 11.4 Å². The Balaban J connectivity index is 2.17. The lowest BCUT2D eigenvalue weighted by molar-refractivity contribution is 0.101. The van der Waals surface area contributed by atoms with E-state index in [1.165, 1.54) is 0 Å². The van der Waals surface area contributed by atoms with Crippen molar-refractivity contribution in [3.05, 3.63) is 47.2 Å². The predicted octanol–water partition coefficient (Wildman–Crippen LogP) is 3.39. The van der Waals surface area contributed by atoms with Crippen LogP contribution < -0.4 is 11.1 Å². The molecule has 2 rings (SSSR count). The second-order valence-corrected chi connectivity index (χ2v) is 4.75. The first kappa shape index (κ1) is 13.5. The van der Waals surface area contributed by atoms with Crippen LogP contribution in [0.5, 0.6) is 0 Å². The van der Waals surface area contributed by atoms with Crippen molar-refractivity contribution in [2.45, 2.75) is 19.9 Å². The predicted molar refractivity (Wildman–Crippen MR) is 78.5 cm³/mol. The van der Waals surface area contributed by atoms with Crippen LogP contribution in [0.3, 0.4) is 0 Å². The molecule has 5 heteroatoms. The number of amides is 1. The molecule has 0 bridgehead atoms. The summed E-state index contributed by atoms with van der Waals surface area (Å²) in [6.07, 6.45) is 2.70. The van der Waals surface area contributed by atoms with Gasteiger partial charge < -0.3 is 15.6 Å². The van der Waals surface area contributed by atoms with Gasteiger partial charge in [0.1, 0.15) is 5.69 Å². The Bertz CT molecular complexity index is 575. The number of benzene rings is 1. The fourth-order valence-electron chi connectivity index (χ4n) is 1.85. The molecule has 2 aromatic rings. The Morgan fingerprint density at radius 1 is 1.37 bits per heavy atom. The van der Waals surface area contributed by atoms with Crippen LogP contribution in [-0.2, 0) is 6.54 Å². The Morgan fingerprint density at radius 2 is 2.05 bits per heavy atom. The van der Waals surface area contributed by atoms with Crippen molar-refractivity contribution in [3.63, 3.8) is 0 Å². The summed E-state index contributed by atoms with van der Waals surface area (Å²) < 4.78 is 1.86. The van der Waals surface area contributed by atoms with Crippen LogP contribution in [0.2, 0.25) is 5.02 Å². The van der Waals surface area contributed by atoms with E-state index >= 15 is 0 Å². The minimum absolute atomic E-state index is 0.176. The molecule has 0 aliphatic carbocycles. The quantitative estimate of drug-likeness (QED) is 0.842. The molecule has 0 saturated heterocycles. The fourth-order valence-corrected chi connectivity index (χ4v) is 2.07. The second kappa shape index (κ2) is 5.80. The lowest BCUT2D eigenvalue weighted by atomic mass is 10.2. The summed E-state index contributed by atoms with van der Waals surface area (Å²) in [4.78, 5) is 12.2. The third-order valence-electron chi connectivity index (χ3n) is 2.73. The van der Waals surface area contributed by atoms with E-state index in [1.54, 1.807) is 36.5 Å². The largest absolute Gasteiger partial charge is 0.399 e. The molecule has 1 amide bonds. The summed E-state index contributed by atoms with van der Waals surface area (Å²) >= 11 is 5.95. The number of carbonyl (C=O) groups excluding carboxylic acids is 1. The molecule has 0 spiro atoms. The molecular formula is C14H16ClN3O. The fraction of sp³-hybridized carbons (Fsp3) is 0.214. The van der Waals surface area contributed by atoms with Gasteiger partial charge in [0.25, 0.3) is 5.91 Å². The molecule has 4 nitrogen and oxygen atoms in total. The summed E-state index contributed by atoms with van der Waals surface area (Å²) in [6, 6.07) is 8.69. The Hall–Kier alpha value is -1.94. The number of halogens is 1. The molecule has 0 atom stereocenters. The average molecular weight is 278 g/mol. The van der Waals surface area contributed by atoms with E-state index in [4.69, 9.17) is 17.3 Å². The molecule has 0 aliphatic rings. The molecule has 100 valence electrons. The van der Waals surface area contributed by atoms with Crippen LogP contribution in [-0.4, -0.2) is 10.5 Å². The number of aryl methyl sites for hydroxylation is 1. The average Bonchev–Trinajstić information content (AvgIpc) is 2.74. The smallest absolute Gasteiger partial charge is 0.272 e. The minimum atomic E-state index is -0.176. The first-order valence-corrected chi connectivity index (χ1v) is 6.50. The highest BCUT2D eigenvalue weighted by Gasteiger charge is 2.12. The first-order chi connectivity index (χ1) is 9.10. The normalized spacial score (nSPS) is 10.4. The van der Waals surface area contributed by atoms with Crippen molar-refractivity contribution in [1.29, 1.82) is 0 Å². The number of nitrogens with zero attached hydrogens (tertiary/aromatic N) is 1. The molecule has 1 heterocycles. The lowest BCUT2D eigenvalue weighted by Crippen LogP contribution is -2.16. The topological polar surface area (TPSA) is 60.0 Å². The number of hydrogen-bond acceptors (Lipinski definition) is 2. The van der Waals surface area contributed by atoms with Crippen molar-refractivity contribution in [2.75, 3.05) is 11.1 Å². The maximum absolute atomic E-state index is 12.2. The number of anilines is 2. The van der Waals surface area contributed by atoms with Gasteiger partial charge in [-0.25, -0.2) is 0 Å². The molecule has 3 N–H and O–H groups in total. The van der Waals surface area contributed by atoms with E-state index in [1.807, 2.05) is 4.57 Å². The maximum Gasteiger partial charge on any atom is 0.272 e. The zero-order valence-corrected chi connectivity index (χ0v) is 11.4. The van der Waals surface area contributed by atoms with Gasteiger partial charge in [0.05, 0.1) is 5.02 Å². The summed E-state index contributed by atoms with van der Waals surface area (Å²) in [5.74, 6) is -0.176. The molecule has 0 aliphatic heterocycles. The van der Waals surface area contributed by atoms with Gasteiger partial charge >= 0.3 is 0 Å². The molecule has 0 unspecified atom stereocenters. The van der Waals surface area contributed by atoms with Gasteiger partial charge in [0.15, 0.2) is 0 Å². The number of rotatable bonds is 4. The number of nitrogen functional groups attached to an aromatic ring is 1. The number of hydrogen-bond donors (Lipinski definition) is 2. The van der Waals surface area contributed by atoms with Gasteiger partial charge in [0.2, 0.25) is 0 Å². The highest BCUT2D eigenvalue weighted by molar-refractivity contribution is 6.31. The van der Waals surface area contributed by atoms with Crippen LogP contribution in [0.15, 0.2) is 36.5 Å².